The maximum Gasteiger partial charge on any atom is 0.126 e. The zero-order valence-corrected chi connectivity index (χ0v) is 15.8. The second-order valence-electron chi connectivity index (χ2n) is 7.31. The van der Waals surface area contributed by atoms with E-state index >= 15 is 0 Å². The Morgan fingerprint density at radius 2 is 2.04 bits per heavy atom. The van der Waals surface area contributed by atoms with Crippen molar-refractivity contribution in [3.63, 3.8) is 0 Å². The van der Waals surface area contributed by atoms with Crippen LogP contribution in [-0.2, 0) is 11.2 Å². The highest BCUT2D eigenvalue weighted by molar-refractivity contribution is 7.19. The summed E-state index contributed by atoms with van der Waals surface area (Å²) in [6, 6.07) is 15.5. The number of thiophene rings is 1. The predicted octanol–water partition coefficient (Wildman–Crippen LogP) is 4.60. The number of halogens is 1. The Bertz CT molecular complexity index is 895. The van der Waals surface area contributed by atoms with Gasteiger partial charge < -0.3 is 14.9 Å². The summed E-state index contributed by atoms with van der Waals surface area (Å²) in [7, 11) is 0. The van der Waals surface area contributed by atoms with Gasteiger partial charge in [0.05, 0.1) is 18.3 Å². The standard InChI is InChI=1S/C22H23FO3S/c23-19-6-5-15(20-7-8-22(25,9-10-24)14-26-20)11-17(19)13-18-12-16-3-1-2-4-21(16)27-18/h1-6,11-12,20,24-25H,7-10,13-14H2. The molecule has 3 nitrogen and oxygen atoms in total. The third-order valence-corrected chi connectivity index (χ3v) is 6.40. The minimum atomic E-state index is -0.953. The number of aliphatic hydroxyl groups is 2. The molecule has 2 N–H and O–H groups in total. The summed E-state index contributed by atoms with van der Waals surface area (Å²) >= 11 is 1.69. The van der Waals surface area contributed by atoms with Crippen LogP contribution in [0.15, 0.2) is 48.5 Å². The maximum atomic E-state index is 14.4. The van der Waals surface area contributed by atoms with Gasteiger partial charge in [-0.05, 0) is 53.6 Å². The molecule has 27 heavy (non-hydrogen) atoms. The van der Waals surface area contributed by atoms with Gasteiger partial charge in [0.15, 0.2) is 0 Å². The van der Waals surface area contributed by atoms with E-state index in [1.165, 1.54) is 16.2 Å². The molecular weight excluding hydrogens is 363 g/mol. The van der Waals surface area contributed by atoms with Crippen LogP contribution in [0.4, 0.5) is 4.39 Å². The van der Waals surface area contributed by atoms with Gasteiger partial charge in [0.2, 0.25) is 0 Å². The van der Waals surface area contributed by atoms with Crippen molar-refractivity contribution < 1.29 is 19.3 Å². The largest absolute Gasteiger partial charge is 0.396 e. The Balaban J connectivity index is 1.52. The summed E-state index contributed by atoms with van der Waals surface area (Å²) in [5, 5.41) is 20.6. The van der Waals surface area contributed by atoms with Gasteiger partial charge >= 0.3 is 0 Å². The van der Waals surface area contributed by atoms with E-state index < -0.39 is 5.60 Å². The van der Waals surface area contributed by atoms with Gasteiger partial charge in [-0.3, -0.25) is 0 Å². The van der Waals surface area contributed by atoms with Crippen molar-refractivity contribution >= 4 is 21.4 Å². The van der Waals surface area contributed by atoms with Gasteiger partial charge in [-0.2, -0.15) is 0 Å². The monoisotopic (exact) mass is 386 g/mol. The maximum absolute atomic E-state index is 14.4. The van der Waals surface area contributed by atoms with Crippen LogP contribution in [0.25, 0.3) is 10.1 Å². The molecule has 4 rings (SSSR count). The normalized spacial score (nSPS) is 23.0. The average Bonchev–Trinajstić information content (AvgIpc) is 3.07. The molecule has 3 aromatic rings. The van der Waals surface area contributed by atoms with Crippen LogP contribution < -0.4 is 0 Å². The van der Waals surface area contributed by atoms with Crippen molar-refractivity contribution in [3.05, 3.63) is 70.4 Å². The number of benzene rings is 2. The number of fused-ring (bicyclic) bond motifs is 1. The first kappa shape index (κ1) is 18.6. The zero-order valence-electron chi connectivity index (χ0n) is 15.0. The smallest absolute Gasteiger partial charge is 0.126 e. The molecule has 5 heteroatoms. The molecule has 2 heterocycles. The Morgan fingerprint density at radius 1 is 1.19 bits per heavy atom. The molecule has 0 amide bonds. The summed E-state index contributed by atoms with van der Waals surface area (Å²) in [6.45, 7) is 0.141. The van der Waals surface area contributed by atoms with Crippen LogP contribution in [0.1, 0.15) is 41.4 Å². The lowest BCUT2D eigenvalue weighted by Gasteiger charge is -2.36. The van der Waals surface area contributed by atoms with Crippen molar-refractivity contribution in [2.75, 3.05) is 13.2 Å². The molecule has 142 valence electrons. The van der Waals surface area contributed by atoms with Crippen LogP contribution in [0.3, 0.4) is 0 Å². The van der Waals surface area contributed by atoms with Gasteiger partial charge in [-0.25, -0.2) is 4.39 Å². The lowest BCUT2D eigenvalue weighted by molar-refractivity contribution is -0.128. The minimum absolute atomic E-state index is 0.0552. The molecule has 1 aromatic heterocycles. The highest BCUT2D eigenvalue weighted by atomic mass is 32.1. The number of hydrogen-bond acceptors (Lipinski definition) is 4. The summed E-state index contributed by atoms with van der Waals surface area (Å²) < 4.78 is 21.5. The Morgan fingerprint density at radius 3 is 2.78 bits per heavy atom. The first-order valence-corrected chi connectivity index (χ1v) is 10.1. The lowest BCUT2D eigenvalue weighted by atomic mass is 9.88. The molecule has 1 aliphatic rings. The van der Waals surface area contributed by atoms with E-state index in [-0.39, 0.29) is 25.1 Å². The van der Waals surface area contributed by atoms with Crippen LogP contribution in [0.2, 0.25) is 0 Å². The van der Waals surface area contributed by atoms with E-state index in [1.807, 2.05) is 18.2 Å². The van der Waals surface area contributed by atoms with Crippen molar-refractivity contribution in [2.24, 2.45) is 0 Å². The van der Waals surface area contributed by atoms with Gasteiger partial charge in [-0.1, -0.05) is 24.3 Å². The average molecular weight is 386 g/mol. The summed E-state index contributed by atoms with van der Waals surface area (Å²) in [6.07, 6.45) is 1.96. The first-order valence-electron chi connectivity index (χ1n) is 9.27. The van der Waals surface area contributed by atoms with E-state index in [2.05, 4.69) is 18.2 Å². The van der Waals surface area contributed by atoms with Crippen molar-refractivity contribution in [1.29, 1.82) is 0 Å². The minimum Gasteiger partial charge on any atom is -0.396 e. The highest BCUT2D eigenvalue weighted by Crippen LogP contribution is 2.35. The molecule has 0 aliphatic carbocycles. The van der Waals surface area contributed by atoms with Crippen LogP contribution in [-0.4, -0.2) is 29.0 Å². The molecule has 0 bridgehead atoms. The van der Waals surface area contributed by atoms with Gasteiger partial charge in [0.1, 0.15) is 5.82 Å². The molecule has 1 saturated heterocycles. The fraction of sp³-hybridized carbons (Fsp3) is 0.364. The second kappa shape index (κ2) is 7.68. The van der Waals surface area contributed by atoms with E-state index in [1.54, 1.807) is 17.4 Å². The number of ether oxygens (including phenoxy) is 1. The summed E-state index contributed by atoms with van der Waals surface area (Å²) in [4.78, 5) is 1.13. The molecule has 2 aromatic carbocycles. The quantitative estimate of drug-likeness (QED) is 0.674. The van der Waals surface area contributed by atoms with Crippen molar-refractivity contribution in [2.45, 2.75) is 37.4 Å². The fourth-order valence-corrected chi connectivity index (χ4v) is 4.81. The lowest BCUT2D eigenvalue weighted by Crippen LogP contribution is -2.40. The van der Waals surface area contributed by atoms with Crippen molar-refractivity contribution in [1.82, 2.24) is 0 Å². The highest BCUT2D eigenvalue weighted by Gasteiger charge is 2.34. The Kier molecular flexibility index (Phi) is 5.28. The molecular formula is C22H23FO3S. The molecule has 1 fully saturated rings. The van der Waals surface area contributed by atoms with E-state index in [0.29, 0.717) is 31.2 Å². The SMILES string of the molecule is OCCC1(O)CCC(c2ccc(F)c(Cc3cc4ccccc4s3)c2)OC1. The van der Waals surface area contributed by atoms with Gasteiger partial charge in [0, 0.05) is 29.0 Å². The third-order valence-electron chi connectivity index (χ3n) is 5.29. The van der Waals surface area contributed by atoms with Gasteiger partial charge in [0.25, 0.3) is 0 Å². The number of aliphatic hydroxyl groups excluding tert-OH is 1. The van der Waals surface area contributed by atoms with Gasteiger partial charge in [-0.15, -0.1) is 11.3 Å². The van der Waals surface area contributed by atoms with E-state index in [0.717, 1.165) is 10.4 Å². The third kappa shape index (κ3) is 4.06. The predicted molar refractivity (Wildman–Crippen MR) is 106 cm³/mol. The van der Waals surface area contributed by atoms with Crippen molar-refractivity contribution in [3.8, 4) is 0 Å². The molecule has 1 aliphatic heterocycles. The van der Waals surface area contributed by atoms with Crippen LogP contribution in [0, 0.1) is 5.82 Å². The molecule has 0 radical (unpaired) electrons. The summed E-state index contributed by atoms with van der Waals surface area (Å²) in [5.41, 5.74) is 0.656. The van der Waals surface area contributed by atoms with Crippen LogP contribution >= 0.6 is 11.3 Å². The Labute approximate surface area is 162 Å². The van der Waals surface area contributed by atoms with Crippen LogP contribution in [0.5, 0.6) is 0 Å². The summed E-state index contributed by atoms with van der Waals surface area (Å²) in [5.74, 6) is -0.205. The number of hydrogen-bond donors (Lipinski definition) is 2. The Hall–Kier alpha value is -1.79. The molecule has 0 saturated carbocycles. The molecule has 0 spiro atoms. The van der Waals surface area contributed by atoms with E-state index in [9.17, 15) is 9.50 Å². The topological polar surface area (TPSA) is 49.7 Å². The van der Waals surface area contributed by atoms with E-state index in [4.69, 9.17) is 9.84 Å². The zero-order chi connectivity index (χ0) is 18.9. The molecule has 2 atom stereocenters. The molecule has 2 unspecified atom stereocenters. The first-order chi connectivity index (χ1) is 13.1. The number of rotatable bonds is 5. The fourth-order valence-electron chi connectivity index (χ4n) is 3.72. The second-order valence-corrected chi connectivity index (χ2v) is 8.48.